The summed E-state index contributed by atoms with van der Waals surface area (Å²) in [5.41, 5.74) is -0.827. The van der Waals surface area contributed by atoms with E-state index in [1.54, 1.807) is 43.3 Å². The molecule has 11 heteroatoms. The number of allylic oxidation sites excluding steroid dienone is 1. The predicted molar refractivity (Wildman–Crippen MR) is 162 cm³/mol. The number of esters is 1. The largest absolute Gasteiger partial charge is 0.460 e. The zero-order chi connectivity index (χ0) is 31.5. The number of carbonyl (C=O) groups excluding carboxylic acids is 4. The summed E-state index contributed by atoms with van der Waals surface area (Å²) in [7, 11) is 0. The molecule has 4 rings (SSSR count). The van der Waals surface area contributed by atoms with Gasteiger partial charge in [0.05, 0.1) is 47.8 Å². The van der Waals surface area contributed by atoms with Crippen LogP contribution in [-0.4, -0.2) is 83.3 Å². The molecule has 1 aromatic rings. The smallest absolute Gasteiger partial charge is 0.312 e. The van der Waals surface area contributed by atoms with Crippen molar-refractivity contribution in [3.05, 3.63) is 54.6 Å². The SMILES string of the molecule is C=CCCC(=O)NC[C@H](C)OC(=O)[C@@H]1[C@@H]2CC[C@]3(O2)[C@H](C(=O)N(CC=C)c2ccccc2Cl)N([C@@H](CO)C(C)C)C(=O)[C@@H]13. The molecule has 0 radical (unpaired) electrons. The van der Waals surface area contributed by atoms with Crippen LogP contribution < -0.4 is 10.2 Å². The minimum absolute atomic E-state index is 0.116. The number of hydrogen-bond acceptors (Lipinski definition) is 7. The number of fused-ring (bicyclic) bond motifs is 1. The molecule has 3 saturated heterocycles. The molecule has 234 valence electrons. The van der Waals surface area contributed by atoms with E-state index in [-0.39, 0.29) is 37.9 Å². The van der Waals surface area contributed by atoms with Crippen molar-refractivity contribution in [2.24, 2.45) is 17.8 Å². The van der Waals surface area contributed by atoms with Crippen molar-refractivity contribution in [3.63, 3.8) is 0 Å². The summed E-state index contributed by atoms with van der Waals surface area (Å²) in [6.07, 6.45) is 3.65. The van der Waals surface area contributed by atoms with Gasteiger partial charge in [0.25, 0.3) is 5.91 Å². The first kappa shape index (κ1) is 32.7. The fourth-order valence-electron chi connectivity index (χ4n) is 6.77. The van der Waals surface area contributed by atoms with Crippen molar-refractivity contribution in [1.82, 2.24) is 10.2 Å². The molecule has 3 aliphatic rings. The van der Waals surface area contributed by atoms with Gasteiger partial charge < -0.3 is 29.7 Å². The lowest BCUT2D eigenvalue weighted by Crippen LogP contribution is -2.59. The van der Waals surface area contributed by atoms with E-state index < -0.39 is 59.5 Å². The Labute approximate surface area is 258 Å². The molecule has 10 nitrogen and oxygen atoms in total. The Morgan fingerprint density at radius 2 is 1.98 bits per heavy atom. The average molecular weight is 616 g/mol. The first-order valence-corrected chi connectivity index (χ1v) is 15.3. The van der Waals surface area contributed by atoms with Crippen LogP contribution in [0.2, 0.25) is 5.02 Å². The van der Waals surface area contributed by atoms with E-state index >= 15 is 0 Å². The second-order valence-electron chi connectivity index (χ2n) is 11.9. The molecule has 1 spiro atoms. The number of ether oxygens (including phenoxy) is 2. The number of aliphatic hydroxyl groups excluding tert-OH is 1. The maximum Gasteiger partial charge on any atom is 0.312 e. The number of hydrogen-bond donors (Lipinski definition) is 2. The average Bonchev–Trinajstić information content (AvgIpc) is 3.62. The van der Waals surface area contributed by atoms with E-state index in [2.05, 4.69) is 18.5 Å². The van der Waals surface area contributed by atoms with Crippen LogP contribution >= 0.6 is 11.6 Å². The number of likely N-dealkylation sites (tertiary alicyclic amines) is 1. The van der Waals surface area contributed by atoms with Gasteiger partial charge in [-0.05, 0) is 44.2 Å². The molecule has 1 aromatic carbocycles. The molecule has 0 aliphatic carbocycles. The Hall–Kier alpha value is -3.21. The number of aliphatic hydroxyl groups is 1. The summed E-state index contributed by atoms with van der Waals surface area (Å²) >= 11 is 6.51. The fraction of sp³-hybridized carbons (Fsp3) is 0.562. The summed E-state index contributed by atoms with van der Waals surface area (Å²) in [5, 5.41) is 13.5. The molecule has 0 unspecified atom stereocenters. The van der Waals surface area contributed by atoms with Gasteiger partial charge >= 0.3 is 5.97 Å². The molecule has 2 bridgehead atoms. The van der Waals surface area contributed by atoms with Crippen LogP contribution in [0.15, 0.2) is 49.6 Å². The lowest BCUT2D eigenvalue weighted by atomic mass is 9.70. The van der Waals surface area contributed by atoms with Crippen LogP contribution in [-0.2, 0) is 28.7 Å². The zero-order valence-corrected chi connectivity index (χ0v) is 25.8. The van der Waals surface area contributed by atoms with E-state index in [0.717, 1.165) is 0 Å². The van der Waals surface area contributed by atoms with Gasteiger partial charge in [-0.25, -0.2) is 0 Å². The summed E-state index contributed by atoms with van der Waals surface area (Å²) in [6, 6.07) is 5.12. The number of nitrogens with zero attached hydrogens (tertiary/aromatic N) is 2. The number of carbonyl (C=O) groups is 4. The third kappa shape index (κ3) is 6.10. The number of nitrogens with one attached hydrogen (secondary N) is 1. The Bertz CT molecular complexity index is 1260. The molecule has 0 saturated carbocycles. The molecule has 0 aromatic heterocycles. The maximum absolute atomic E-state index is 14.6. The monoisotopic (exact) mass is 615 g/mol. The van der Waals surface area contributed by atoms with Crippen LogP contribution in [0, 0.1) is 17.8 Å². The zero-order valence-electron chi connectivity index (χ0n) is 25.0. The van der Waals surface area contributed by atoms with Crippen molar-refractivity contribution in [2.45, 2.75) is 76.3 Å². The lowest BCUT2D eigenvalue weighted by Gasteiger charge is -2.40. The van der Waals surface area contributed by atoms with Gasteiger partial charge in [0, 0.05) is 13.0 Å². The van der Waals surface area contributed by atoms with Gasteiger partial charge in [0.15, 0.2) is 0 Å². The highest BCUT2D eigenvalue weighted by atomic mass is 35.5. The summed E-state index contributed by atoms with van der Waals surface area (Å²) < 4.78 is 12.2. The molecular weight excluding hydrogens is 574 g/mol. The molecule has 3 amide bonds. The quantitative estimate of drug-likeness (QED) is 0.243. The van der Waals surface area contributed by atoms with E-state index in [1.807, 2.05) is 13.8 Å². The maximum atomic E-state index is 14.6. The molecule has 7 atom stereocenters. The molecule has 43 heavy (non-hydrogen) atoms. The van der Waals surface area contributed by atoms with Crippen molar-refractivity contribution in [1.29, 1.82) is 0 Å². The third-order valence-corrected chi connectivity index (χ3v) is 9.08. The highest BCUT2D eigenvalue weighted by molar-refractivity contribution is 6.34. The van der Waals surface area contributed by atoms with Crippen molar-refractivity contribution >= 4 is 41.0 Å². The number of para-hydroxylation sites is 1. The number of benzene rings is 1. The normalized spacial score (nSPS) is 27.0. The highest BCUT2D eigenvalue weighted by Crippen LogP contribution is 2.59. The van der Waals surface area contributed by atoms with Gasteiger partial charge in [-0.3, -0.25) is 19.2 Å². The van der Waals surface area contributed by atoms with Gasteiger partial charge in [-0.2, -0.15) is 0 Å². The van der Waals surface area contributed by atoms with Crippen LogP contribution in [0.5, 0.6) is 0 Å². The van der Waals surface area contributed by atoms with Crippen molar-refractivity contribution < 1.29 is 33.8 Å². The van der Waals surface area contributed by atoms with Crippen LogP contribution in [0.1, 0.15) is 46.5 Å². The lowest BCUT2D eigenvalue weighted by molar-refractivity contribution is -0.160. The standard InChI is InChI=1S/C32H42ClN3O7/c1-6-8-13-25(38)34-17-20(5)42-31(41)26-24-14-15-32(43-24)27(26)29(39)36(23(18-37)19(3)4)28(32)30(40)35(16-7-2)22-12-10-9-11-21(22)33/h6-7,9-12,19-20,23-24,26-28,37H,1-2,8,13-18H2,3-5H3,(H,34,38)/t20-,23-,24-,26+,27+,28-,32+/m0/s1. The summed E-state index contributed by atoms with van der Waals surface area (Å²) in [4.78, 5) is 57.5. The Morgan fingerprint density at radius 1 is 1.26 bits per heavy atom. The van der Waals surface area contributed by atoms with Crippen LogP contribution in [0.25, 0.3) is 0 Å². The van der Waals surface area contributed by atoms with Crippen LogP contribution in [0.4, 0.5) is 5.69 Å². The van der Waals surface area contributed by atoms with E-state index in [9.17, 15) is 24.3 Å². The second-order valence-corrected chi connectivity index (χ2v) is 12.3. The Balaban J connectivity index is 1.67. The van der Waals surface area contributed by atoms with E-state index in [1.165, 1.54) is 9.80 Å². The van der Waals surface area contributed by atoms with Gasteiger partial charge in [0.1, 0.15) is 17.7 Å². The molecular formula is C32H42ClN3O7. The number of amides is 3. The fourth-order valence-corrected chi connectivity index (χ4v) is 7.01. The topological polar surface area (TPSA) is 125 Å². The van der Waals surface area contributed by atoms with Crippen LogP contribution in [0.3, 0.4) is 0 Å². The second kappa shape index (κ2) is 13.6. The first-order chi connectivity index (χ1) is 20.5. The van der Waals surface area contributed by atoms with E-state index in [0.29, 0.717) is 30.0 Å². The minimum Gasteiger partial charge on any atom is -0.460 e. The van der Waals surface area contributed by atoms with Crippen molar-refractivity contribution in [2.75, 3.05) is 24.6 Å². The summed E-state index contributed by atoms with van der Waals surface area (Å²) in [6.45, 7) is 12.7. The number of halogens is 1. The van der Waals surface area contributed by atoms with Gasteiger partial charge in [0.2, 0.25) is 11.8 Å². The third-order valence-electron chi connectivity index (χ3n) is 8.76. The minimum atomic E-state index is -1.28. The molecule has 3 aliphatic heterocycles. The predicted octanol–water partition coefficient (Wildman–Crippen LogP) is 3.26. The number of rotatable bonds is 14. The van der Waals surface area contributed by atoms with Crippen molar-refractivity contribution in [3.8, 4) is 0 Å². The Kier molecular flexibility index (Phi) is 10.4. The Morgan fingerprint density at radius 3 is 2.60 bits per heavy atom. The number of anilines is 1. The highest BCUT2D eigenvalue weighted by Gasteiger charge is 2.76. The van der Waals surface area contributed by atoms with Gasteiger partial charge in [-0.1, -0.05) is 49.7 Å². The molecule has 3 heterocycles. The van der Waals surface area contributed by atoms with Gasteiger partial charge in [-0.15, -0.1) is 13.2 Å². The van der Waals surface area contributed by atoms with E-state index in [4.69, 9.17) is 21.1 Å². The molecule has 3 fully saturated rings. The molecule has 2 N–H and O–H groups in total. The summed E-state index contributed by atoms with van der Waals surface area (Å²) in [5.74, 6) is -3.72. The first-order valence-electron chi connectivity index (χ1n) is 14.9.